The van der Waals surface area contributed by atoms with E-state index in [0.29, 0.717) is 6.42 Å². The van der Waals surface area contributed by atoms with Crippen molar-refractivity contribution in [3.8, 4) is 23.0 Å². The number of fused-ring (bicyclic) bond motifs is 2. The topological polar surface area (TPSA) is 47.9 Å². The molecule has 4 nitrogen and oxygen atoms in total. The van der Waals surface area contributed by atoms with Crippen LogP contribution in [0, 0.1) is 0 Å². The summed E-state index contributed by atoms with van der Waals surface area (Å²) in [5.74, 6) is 1.01. The fourth-order valence-corrected chi connectivity index (χ4v) is 5.48. The number of ether oxygens (including phenoxy) is 3. The summed E-state index contributed by atoms with van der Waals surface area (Å²) in [5.41, 5.74) is 5.78. The maximum absolute atomic E-state index is 13.7. The first-order valence-corrected chi connectivity index (χ1v) is 14.3. The zero-order valence-electron chi connectivity index (χ0n) is 23.2. The van der Waals surface area contributed by atoms with E-state index in [9.17, 15) is 18.3 Å². The Morgan fingerprint density at radius 1 is 0.927 bits per heavy atom. The number of phenols is 1. The Bertz CT molecular complexity index is 1410. The summed E-state index contributed by atoms with van der Waals surface area (Å²) in [7, 11) is 0. The molecule has 216 valence electrons. The van der Waals surface area contributed by atoms with Crippen LogP contribution >= 0.6 is 0 Å². The monoisotopic (exact) mass is 564 g/mol. The van der Waals surface area contributed by atoms with Gasteiger partial charge in [-0.25, -0.2) is 0 Å². The van der Waals surface area contributed by atoms with E-state index in [1.165, 1.54) is 6.07 Å². The number of allylic oxidation sites excluding steroid dienone is 3. The Morgan fingerprint density at radius 3 is 2.46 bits per heavy atom. The van der Waals surface area contributed by atoms with Gasteiger partial charge in [-0.05, 0) is 121 Å². The van der Waals surface area contributed by atoms with Gasteiger partial charge in [-0.3, -0.25) is 4.39 Å². The molecule has 0 radical (unpaired) electrons. The largest absolute Gasteiger partial charge is 0.586 e. The van der Waals surface area contributed by atoms with E-state index in [1.54, 1.807) is 24.3 Å². The quantitative estimate of drug-likeness (QED) is 0.186. The summed E-state index contributed by atoms with van der Waals surface area (Å²) in [6, 6.07) is 18.3. The fraction of sp³-hybridized carbons (Fsp3) is 0.353. The normalized spacial score (nSPS) is 16.5. The number of phenolic OH excluding ortho intramolecular Hbond substituents is 1. The molecular weight excluding hydrogens is 529 g/mol. The molecule has 0 unspecified atom stereocenters. The molecule has 1 aliphatic heterocycles. The van der Waals surface area contributed by atoms with Crippen molar-refractivity contribution in [2.45, 2.75) is 70.7 Å². The number of alkyl halides is 3. The van der Waals surface area contributed by atoms with Crippen molar-refractivity contribution in [1.82, 2.24) is 0 Å². The minimum absolute atomic E-state index is 0.0149. The lowest BCUT2D eigenvalue weighted by Gasteiger charge is -2.19. The van der Waals surface area contributed by atoms with Crippen molar-refractivity contribution in [3.05, 3.63) is 95.1 Å². The predicted octanol–water partition coefficient (Wildman–Crippen LogP) is 9.25. The Kier molecular flexibility index (Phi) is 8.91. The number of unbranched alkanes of at least 4 members (excludes halogenated alkanes) is 1. The zero-order valence-corrected chi connectivity index (χ0v) is 23.2. The van der Waals surface area contributed by atoms with E-state index < -0.39 is 6.29 Å². The van der Waals surface area contributed by atoms with E-state index in [4.69, 9.17) is 9.47 Å². The van der Waals surface area contributed by atoms with E-state index in [-0.39, 0.29) is 30.0 Å². The first-order valence-electron chi connectivity index (χ1n) is 14.3. The van der Waals surface area contributed by atoms with Crippen LogP contribution in [0.4, 0.5) is 13.2 Å². The second-order valence-corrected chi connectivity index (χ2v) is 10.4. The highest BCUT2D eigenvalue weighted by Gasteiger charge is 2.43. The van der Waals surface area contributed by atoms with Crippen molar-refractivity contribution < 1.29 is 32.5 Å². The third-order valence-corrected chi connectivity index (χ3v) is 7.51. The van der Waals surface area contributed by atoms with Crippen molar-refractivity contribution in [1.29, 1.82) is 0 Å². The van der Waals surface area contributed by atoms with Gasteiger partial charge in [0.15, 0.2) is 11.5 Å². The molecule has 0 aromatic heterocycles. The minimum atomic E-state index is -3.68. The molecular formula is C34H35F3O4. The molecule has 3 aromatic carbocycles. The van der Waals surface area contributed by atoms with Crippen LogP contribution in [-0.4, -0.2) is 24.2 Å². The van der Waals surface area contributed by atoms with E-state index >= 15 is 0 Å². The predicted molar refractivity (Wildman–Crippen MR) is 154 cm³/mol. The van der Waals surface area contributed by atoms with E-state index in [0.717, 1.165) is 84.1 Å². The number of rotatable bonds is 11. The first-order chi connectivity index (χ1) is 19.9. The molecule has 1 N–H and O–H groups in total. The number of halogens is 3. The van der Waals surface area contributed by atoms with Crippen molar-refractivity contribution >= 4 is 11.1 Å². The molecule has 1 heterocycles. The lowest BCUT2D eigenvalue weighted by molar-refractivity contribution is -0.286. The van der Waals surface area contributed by atoms with Crippen LogP contribution in [0.3, 0.4) is 0 Å². The van der Waals surface area contributed by atoms with Crippen molar-refractivity contribution in [2.24, 2.45) is 0 Å². The molecule has 0 saturated heterocycles. The van der Waals surface area contributed by atoms with Crippen LogP contribution in [-0.2, 0) is 6.42 Å². The van der Waals surface area contributed by atoms with Crippen LogP contribution < -0.4 is 14.2 Å². The number of hydrogen-bond acceptors (Lipinski definition) is 4. The summed E-state index contributed by atoms with van der Waals surface area (Å²) < 4.78 is 55.4. The van der Waals surface area contributed by atoms with E-state index in [1.807, 2.05) is 36.4 Å². The molecule has 0 saturated carbocycles. The van der Waals surface area contributed by atoms with Crippen molar-refractivity contribution in [3.63, 3.8) is 0 Å². The summed E-state index contributed by atoms with van der Waals surface area (Å²) in [4.78, 5) is 0. The molecule has 1 aliphatic carbocycles. The highest BCUT2D eigenvalue weighted by molar-refractivity contribution is 6.00. The fourth-order valence-electron chi connectivity index (χ4n) is 5.48. The highest BCUT2D eigenvalue weighted by atomic mass is 19.3. The minimum Gasteiger partial charge on any atom is -0.508 e. The number of hydrogen-bond donors (Lipinski definition) is 1. The molecule has 0 amide bonds. The molecule has 3 aromatic rings. The molecule has 41 heavy (non-hydrogen) atoms. The molecule has 5 rings (SSSR count). The molecule has 7 heteroatoms. The van der Waals surface area contributed by atoms with Gasteiger partial charge in [0.25, 0.3) is 0 Å². The molecule has 0 fully saturated rings. The Labute approximate surface area is 239 Å². The third kappa shape index (κ3) is 6.89. The second kappa shape index (κ2) is 12.8. The lowest BCUT2D eigenvalue weighted by atomic mass is 9.87. The van der Waals surface area contributed by atoms with E-state index in [2.05, 4.69) is 17.7 Å². The van der Waals surface area contributed by atoms with Gasteiger partial charge < -0.3 is 19.3 Å². The van der Waals surface area contributed by atoms with Gasteiger partial charge in [0, 0.05) is 0 Å². The highest BCUT2D eigenvalue weighted by Crippen LogP contribution is 2.46. The average molecular weight is 565 g/mol. The Morgan fingerprint density at radius 2 is 1.68 bits per heavy atom. The van der Waals surface area contributed by atoms with Gasteiger partial charge >= 0.3 is 6.29 Å². The number of aryl methyl sites for hydroxylation is 1. The van der Waals surface area contributed by atoms with Crippen LogP contribution in [0.15, 0.2) is 72.8 Å². The Balaban J connectivity index is 1.44. The number of benzene rings is 3. The molecule has 0 bridgehead atoms. The van der Waals surface area contributed by atoms with Gasteiger partial charge in [-0.15, -0.1) is 8.78 Å². The Hall–Kier alpha value is -3.87. The third-order valence-electron chi connectivity index (χ3n) is 7.51. The maximum atomic E-state index is 13.7. The van der Waals surface area contributed by atoms with Crippen LogP contribution in [0.5, 0.6) is 23.0 Å². The van der Waals surface area contributed by atoms with Crippen molar-refractivity contribution in [2.75, 3.05) is 6.67 Å². The summed E-state index contributed by atoms with van der Waals surface area (Å²) in [5, 5.41) is 10.2. The molecule has 1 atom stereocenters. The maximum Gasteiger partial charge on any atom is 0.586 e. The van der Waals surface area contributed by atoms with Gasteiger partial charge in [0.2, 0.25) is 0 Å². The van der Waals surface area contributed by atoms with Crippen LogP contribution in [0.25, 0.3) is 11.1 Å². The van der Waals surface area contributed by atoms with Gasteiger partial charge in [0.1, 0.15) is 11.5 Å². The number of aromatic hydroxyl groups is 1. The average Bonchev–Trinajstić information content (AvgIpc) is 3.15. The standard InChI is InChI=1S/C34H35F3O4/c1-2-27(10-6-4-3-5-7-20-35)39-28-16-12-23(13-17-28)33-29(11-8-9-24-21-26(38)15-18-30(24)33)25-14-19-31-32(22-25)41-34(36,37)40-31/h3-4,12-19,21-22,27,38H,2,5-11,20H2,1H3/b4-3+/t27-/m1/s1. The first kappa shape index (κ1) is 28.7. The van der Waals surface area contributed by atoms with Crippen LogP contribution in [0.1, 0.15) is 74.1 Å². The van der Waals surface area contributed by atoms with Crippen LogP contribution in [0.2, 0.25) is 0 Å². The smallest absolute Gasteiger partial charge is 0.508 e. The SMILES string of the molecule is CC[C@H](CC/C=C/CCCF)Oc1ccc(C2=C(c3ccc4c(c3)OC(F)(F)O4)CCCc3cc(O)ccc32)cc1. The molecule has 2 aliphatic rings. The lowest BCUT2D eigenvalue weighted by Crippen LogP contribution is -2.25. The second-order valence-electron chi connectivity index (χ2n) is 10.4. The zero-order chi connectivity index (χ0) is 28.8. The summed E-state index contributed by atoms with van der Waals surface area (Å²) >= 11 is 0. The van der Waals surface area contributed by atoms with Gasteiger partial charge in [-0.1, -0.05) is 43.3 Å². The summed E-state index contributed by atoms with van der Waals surface area (Å²) in [6.45, 7) is 1.81. The van der Waals surface area contributed by atoms with Gasteiger partial charge in [0.05, 0.1) is 12.8 Å². The van der Waals surface area contributed by atoms with Gasteiger partial charge in [-0.2, -0.15) is 0 Å². The summed E-state index contributed by atoms with van der Waals surface area (Å²) in [6.07, 6.45) is 6.79. The molecule has 0 spiro atoms.